The maximum Gasteiger partial charge on any atom is 0.0966 e. The molecule has 0 heterocycles. The van der Waals surface area contributed by atoms with Crippen LogP contribution in [0.4, 0.5) is 0 Å². The second-order valence-electron chi connectivity index (χ2n) is 3.55. The maximum absolute atomic E-state index is 9.51. The van der Waals surface area contributed by atoms with E-state index in [0.29, 0.717) is 12.2 Å². The lowest BCUT2D eigenvalue weighted by atomic mass is 9.97. The van der Waals surface area contributed by atoms with Crippen molar-refractivity contribution >= 4 is 0 Å². The first-order valence-electron chi connectivity index (χ1n) is 4.99. The molecule has 1 N–H and O–H groups in total. The van der Waals surface area contributed by atoms with Crippen LogP contribution in [0.2, 0.25) is 0 Å². The highest BCUT2D eigenvalue weighted by molar-refractivity contribution is 5.45. The Hall–Kier alpha value is -1.50. The van der Waals surface area contributed by atoms with Crippen molar-refractivity contribution in [1.82, 2.24) is 0 Å². The molecule has 0 amide bonds. The molecule has 0 saturated heterocycles. The Kier molecular flexibility index (Phi) is 2.68. The summed E-state index contributed by atoms with van der Waals surface area (Å²) in [5, 5.41) is 9.51. The predicted molar refractivity (Wildman–Crippen MR) is 59.0 cm³/mol. The van der Waals surface area contributed by atoms with E-state index < -0.39 is 0 Å². The normalized spacial score (nSPS) is 21.0. The van der Waals surface area contributed by atoms with Gasteiger partial charge in [-0.1, -0.05) is 36.5 Å². The first-order valence-corrected chi connectivity index (χ1v) is 4.99. The third-order valence-electron chi connectivity index (χ3n) is 2.43. The lowest BCUT2D eigenvalue weighted by Crippen LogP contribution is -1.92. The monoisotopic (exact) mass is 186 g/mol. The van der Waals surface area contributed by atoms with Crippen LogP contribution in [-0.4, -0.2) is 5.11 Å². The first-order chi connectivity index (χ1) is 6.86. The lowest BCUT2D eigenvalue weighted by molar-refractivity contribution is 0.399. The van der Waals surface area contributed by atoms with Crippen molar-refractivity contribution in [3.63, 3.8) is 0 Å². The van der Waals surface area contributed by atoms with E-state index >= 15 is 0 Å². The van der Waals surface area contributed by atoms with Crippen LogP contribution in [-0.2, 0) is 0 Å². The molecule has 0 saturated carbocycles. The van der Waals surface area contributed by atoms with Crippen LogP contribution in [0.3, 0.4) is 0 Å². The predicted octanol–water partition coefficient (Wildman–Crippen LogP) is 3.59. The molecule has 0 aromatic carbocycles. The van der Waals surface area contributed by atoms with Crippen LogP contribution in [0, 0.1) is 0 Å². The molecule has 1 nitrogen and oxygen atoms in total. The maximum atomic E-state index is 9.51. The molecule has 0 bridgehead atoms. The summed E-state index contributed by atoms with van der Waals surface area (Å²) in [7, 11) is 0. The zero-order chi connectivity index (χ0) is 9.80. The van der Waals surface area contributed by atoms with Gasteiger partial charge in [-0.15, -0.1) is 0 Å². The summed E-state index contributed by atoms with van der Waals surface area (Å²) in [6.07, 6.45) is 17.1. The Labute approximate surface area is 84.5 Å². The quantitative estimate of drug-likeness (QED) is 0.663. The minimum absolute atomic E-state index is 0.435. The van der Waals surface area contributed by atoms with Crippen LogP contribution in [0.15, 0.2) is 59.4 Å². The van der Waals surface area contributed by atoms with E-state index in [9.17, 15) is 5.11 Å². The van der Waals surface area contributed by atoms with Gasteiger partial charge >= 0.3 is 0 Å². The van der Waals surface area contributed by atoms with Crippen molar-refractivity contribution in [2.24, 2.45) is 0 Å². The van der Waals surface area contributed by atoms with E-state index in [1.807, 2.05) is 12.2 Å². The molecule has 0 radical (unpaired) electrons. The molecular formula is C13H14O. The van der Waals surface area contributed by atoms with E-state index in [0.717, 1.165) is 12.8 Å². The molecule has 0 spiro atoms. The van der Waals surface area contributed by atoms with Crippen molar-refractivity contribution in [2.45, 2.75) is 19.3 Å². The van der Waals surface area contributed by atoms with Gasteiger partial charge in [-0.2, -0.15) is 0 Å². The summed E-state index contributed by atoms with van der Waals surface area (Å²) < 4.78 is 0. The number of aliphatic hydroxyl groups is 1. The molecule has 72 valence electrons. The van der Waals surface area contributed by atoms with Crippen molar-refractivity contribution in [3.8, 4) is 0 Å². The molecule has 2 aliphatic carbocycles. The van der Waals surface area contributed by atoms with Gasteiger partial charge in [0.15, 0.2) is 0 Å². The minimum atomic E-state index is 0.435. The molecule has 0 unspecified atom stereocenters. The van der Waals surface area contributed by atoms with E-state index in [1.54, 1.807) is 6.08 Å². The number of allylic oxidation sites excluding steroid dienone is 9. The molecular weight excluding hydrogens is 172 g/mol. The molecule has 2 aliphatic rings. The molecule has 0 atom stereocenters. The van der Waals surface area contributed by atoms with Gasteiger partial charge in [0.1, 0.15) is 0 Å². The topological polar surface area (TPSA) is 20.2 Å². The smallest absolute Gasteiger partial charge is 0.0966 e. The van der Waals surface area contributed by atoms with Gasteiger partial charge < -0.3 is 5.11 Å². The van der Waals surface area contributed by atoms with Crippen LogP contribution in [0.5, 0.6) is 0 Å². The number of hydrogen-bond donors (Lipinski definition) is 1. The van der Waals surface area contributed by atoms with Crippen LogP contribution < -0.4 is 0 Å². The van der Waals surface area contributed by atoms with Crippen LogP contribution in [0.1, 0.15) is 19.3 Å². The largest absolute Gasteiger partial charge is 0.512 e. The molecule has 14 heavy (non-hydrogen) atoms. The van der Waals surface area contributed by atoms with Gasteiger partial charge in [0.05, 0.1) is 5.76 Å². The van der Waals surface area contributed by atoms with Crippen molar-refractivity contribution in [3.05, 3.63) is 59.4 Å². The zero-order valence-corrected chi connectivity index (χ0v) is 8.11. The number of rotatable bonds is 1. The van der Waals surface area contributed by atoms with Gasteiger partial charge in [-0.05, 0) is 30.1 Å². The Bertz CT molecular complexity index is 365. The average molecular weight is 186 g/mol. The second-order valence-corrected chi connectivity index (χ2v) is 3.55. The molecule has 0 fully saturated rings. The van der Waals surface area contributed by atoms with Crippen LogP contribution in [0.25, 0.3) is 0 Å². The Morgan fingerprint density at radius 1 is 1.07 bits per heavy atom. The number of hydrogen-bond acceptors (Lipinski definition) is 1. The highest BCUT2D eigenvalue weighted by Crippen LogP contribution is 2.24. The summed E-state index contributed by atoms with van der Waals surface area (Å²) in [6, 6.07) is 0. The highest BCUT2D eigenvalue weighted by Gasteiger charge is 2.07. The fourth-order valence-corrected chi connectivity index (χ4v) is 1.70. The SMILES string of the molecule is OC1=CC=CC=C(C2=CCCC=C2)C1. The molecule has 1 heteroatoms. The standard InChI is InChI=1S/C13H14O/c14-13-9-5-4-8-12(10-13)11-6-2-1-3-7-11/h2,4-9,14H,1,3,10H2. The summed E-state index contributed by atoms with van der Waals surface area (Å²) in [5.74, 6) is 0.435. The van der Waals surface area contributed by atoms with Gasteiger partial charge in [0.2, 0.25) is 0 Å². The van der Waals surface area contributed by atoms with E-state index in [-0.39, 0.29) is 0 Å². The third kappa shape index (κ3) is 2.05. The van der Waals surface area contributed by atoms with Gasteiger partial charge in [-0.3, -0.25) is 0 Å². The van der Waals surface area contributed by atoms with Gasteiger partial charge in [0.25, 0.3) is 0 Å². The lowest BCUT2D eigenvalue weighted by Gasteiger charge is -2.10. The second kappa shape index (κ2) is 4.14. The summed E-state index contributed by atoms with van der Waals surface area (Å²) in [5.41, 5.74) is 2.45. The molecule has 2 rings (SSSR count). The molecule has 0 aromatic rings. The first kappa shape index (κ1) is 9.07. The summed E-state index contributed by atoms with van der Waals surface area (Å²) in [4.78, 5) is 0. The van der Waals surface area contributed by atoms with Crippen molar-refractivity contribution in [1.29, 1.82) is 0 Å². The fourth-order valence-electron chi connectivity index (χ4n) is 1.70. The fraction of sp³-hybridized carbons (Fsp3) is 0.231. The minimum Gasteiger partial charge on any atom is -0.512 e. The van der Waals surface area contributed by atoms with Crippen molar-refractivity contribution in [2.75, 3.05) is 0 Å². The van der Waals surface area contributed by atoms with Gasteiger partial charge in [0, 0.05) is 6.42 Å². The Balaban J connectivity index is 2.22. The molecule has 0 aliphatic heterocycles. The summed E-state index contributed by atoms with van der Waals surface area (Å²) >= 11 is 0. The van der Waals surface area contributed by atoms with E-state index in [2.05, 4.69) is 24.3 Å². The van der Waals surface area contributed by atoms with E-state index in [1.165, 1.54) is 11.1 Å². The zero-order valence-electron chi connectivity index (χ0n) is 8.11. The van der Waals surface area contributed by atoms with Crippen LogP contribution >= 0.6 is 0 Å². The highest BCUT2D eigenvalue weighted by atomic mass is 16.3. The van der Waals surface area contributed by atoms with Crippen molar-refractivity contribution < 1.29 is 5.11 Å². The van der Waals surface area contributed by atoms with Gasteiger partial charge in [-0.25, -0.2) is 0 Å². The van der Waals surface area contributed by atoms with E-state index in [4.69, 9.17) is 0 Å². The average Bonchev–Trinajstić information content (AvgIpc) is 2.44. The summed E-state index contributed by atoms with van der Waals surface area (Å²) in [6.45, 7) is 0. The molecule has 0 aromatic heterocycles. The Morgan fingerprint density at radius 2 is 1.93 bits per heavy atom. The number of aliphatic hydroxyl groups excluding tert-OH is 1. The third-order valence-corrected chi connectivity index (χ3v) is 2.43. The Morgan fingerprint density at radius 3 is 2.71 bits per heavy atom.